The van der Waals surface area contributed by atoms with Crippen LogP contribution in [0.2, 0.25) is 0 Å². The zero-order chi connectivity index (χ0) is 6.81. The maximum absolute atomic E-state index is 4.12. The van der Waals surface area contributed by atoms with Crippen LogP contribution in [0.5, 0.6) is 0 Å². The van der Waals surface area contributed by atoms with Gasteiger partial charge < -0.3 is 0 Å². The van der Waals surface area contributed by atoms with Crippen molar-refractivity contribution in [1.82, 2.24) is 14.8 Å². The lowest BCUT2D eigenvalue weighted by Gasteiger charge is -1.91. The van der Waals surface area contributed by atoms with E-state index in [9.17, 15) is 0 Å². The number of aliphatic imine (C=N–C) groups is 1. The number of aromatic nitrogens is 3. The Morgan fingerprint density at radius 2 is 2.50 bits per heavy atom. The summed E-state index contributed by atoms with van der Waals surface area (Å²) in [5.41, 5.74) is 0. The van der Waals surface area contributed by atoms with Gasteiger partial charge in [0.2, 0.25) is 0 Å². The van der Waals surface area contributed by atoms with Crippen molar-refractivity contribution < 1.29 is 0 Å². The van der Waals surface area contributed by atoms with Gasteiger partial charge in [0.15, 0.2) is 0 Å². The fourth-order valence-electron chi connectivity index (χ4n) is 1.01. The Kier molecular flexibility index (Phi) is 1.23. The lowest BCUT2D eigenvalue weighted by molar-refractivity contribution is 0.789. The molecule has 0 radical (unpaired) electrons. The average molecular weight is 136 g/mol. The van der Waals surface area contributed by atoms with Gasteiger partial charge in [-0.3, -0.25) is 4.99 Å². The lowest BCUT2D eigenvalue weighted by Crippen LogP contribution is -2.01. The van der Waals surface area contributed by atoms with Crippen LogP contribution in [0, 0.1) is 0 Å². The third-order valence-electron chi connectivity index (χ3n) is 1.53. The van der Waals surface area contributed by atoms with Crippen LogP contribution in [-0.2, 0) is 6.42 Å². The summed E-state index contributed by atoms with van der Waals surface area (Å²) in [6.45, 7) is 0.894. The smallest absolute Gasteiger partial charge is 0.138 e. The van der Waals surface area contributed by atoms with E-state index in [-0.39, 0.29) is 0 Å². The van der Waals surface area contributed by atoms with Crippen molar-refractivity contribution >= 4 is 6.34 Å². The van der Waals surface area contributed by atoms with Gasteiger partial charge in [0.1, 0.15) is 18.5 Å². The Morgan fingerprint density at radius 3 is 3.50 bits per heavy atom. The van der Waals surface area contributed by atoms with Crippen LogP contribution >= 0.6 is 0 Å². The summed E-state index contributed by atoms with van der Waals surface area (Å²) in [6, 6.07) is 0. The van der Waals surface area contributed by atoms with E-state index in [0.717, 1.165) is 25.2 Å². The molecular formula is C6H8N4. The van der Waals surface area contributed by atoms with Crippen molar-refractivity contribution in [3.05, 3.63) is 12.2 Å². The predicted molar refractivity (Wildman–Crippen MR) is 37.1 cm³/mol. The largest absolute Gasteiger partial charge is 0.273 e. The molecule has 1 aromatic heterocycles. The average Bonchev–Trinajstić information content (AvgIpc) is 2.28. The summed E-state index contributed by atoms with van der Waals surface area (Å²) >= 11 is 0. The number of hydrogen-bond donors (Lipinski definition) is 0. The van der Waals surface area contributed by atoms with E-state index in [2.05, 4.69) is 15.1 Å². The minimum atomic E-state index is 0.894. The Labute approximate surface area is 58.6 Å². The lowest BCUT2D eigenvalue weighted by atomic mass is 10.3. The van der Waals surface area contributed by atoms with Crippen molar-refractivity contribution in [3.63, 3.8) is 0 Å². The van der Waals surface area contributed by atoms with Gasteiger partial charge in [0.05, 0.1) is 0 Å². The highest BCUT2D eigenvalue weighted by atomic mass is 15.3. The molecule has 0 saturated heterocycles. The van der Waals surface area contributed by atoms with E-state index >= 15 is 0 Å². The van der Waals surface area contributed by atoms with Crippen LogP contribution in [0.15, 0.2) is 11.3 Å². The molecule has 1 aliphatic heterocycles. The molecule has 0 atom stereocenters. The molecule has 2 rings (SSSR count). The SMILES string of the molecule is C1=NCCCc2ncnn21. The summed E-state index contributed by atoms with van der Waals surface area (Å²) in [4.78, 5) is 8.20. The van der Waals surface area contributed by atoms with Crippen molar-refractivity contribution in [2.45, 2.75) is 12.8 Å². The van der Waals surface area contributed by atoms with Gasteiger partial charge >= 0.3 is 0 Å². The predicted octanol–water partition coefficient (Wildman–Crippen LogP) is 0.101. The fourth-order valence-corrected chi connectivity index (χ4v) is 1.01. The summed E-state index contributed by atoms with van der Waals surface area (Å²) < 4.78 is 1.73. The molecule has 0 spiro atoms. The highest BCUT2D eigenvalue weighted by molar-refractivity contribution is 5.57. The van der Waals surface area contributed by atoms with E-state index < -0.39 is 0 Å². The van der Waals surface area contributed by atoms with Crippen molar-refractivity contribution in [2.75, 3.05) is 6.54 Å². The Balaban J connectivity index is 2.42. The van der Waals surface area contributed by atoms with E-state index in [1.165, 1.54) is 0 Å². The second-order valence-electron chi connectivity index (χ2n) is 2.25. The van der Waals surface area contributed by atoms with Gasteiger partial charge in [-0.05, 0) is 6.42 Å². The molecule has 0 unspecified atom stereocenters. The van der Waals surface area contributed by atoms with Crippen LogP contribution in [0.3, 0.4) is 0 Å². The molecule has 1 aliphatic rings. The Bertz CT molecular complexity index is 250. The number of nitrogens with zero attached hydrogens (tertiary/aromatic N) is 4. The summed E-state index contributed by atoms with van der Waals surface area (Å²) in [7, 11) is 0. The molecule has 52 valence electrons. The molecule has 4 heteroatoms. The van der Waals surface area contributed by atoms with E-state index in [1.807, 2.05) is 0 Å². The standard InChI is InChI=1S/C6H8N4/c1-2-6-8-4-9-10(6)5-7-3-1/h4-5H,1-3H2. The number of fused-ring (bicyclic) bond motifs is 1. The third kappa shape index (κ3) is 0.814. The third-order valence-corrected chi connectivity index (χ3v) is 1.53. The summed E-state index contributed by atoms with van der Waals surface area (Å²) in [5, 5.41) is 3.97. The van der Waals surface area contributed by atoms with E-state index in [0.29, 0.717) is 0 Å². The number of aryl methyl sites for hydroxylation is 1. The quantitative estimate of drug-likeness (QED) is 0.507. The van der Waals surface area contributed by atoms with Crippen molar-refractivity contribution in [2.24, 2.45) is 4.99 Å². The molecule has 10 heavy (non-hydrogen) atoms. The second-order valence-corrected chi connectivity index (χ2v) is 2.25. The molecule has 0 aromatic carbocycles. The van der Waals surface area contributed by atoms with Gasteiger partial charge in [0.25, 0.3) is 0 Å². The molecule has 0 fully saturated rings. The van der Waals surface area contributed by atoms with Crippen molar-refractivity contribution in [1.29, 1.82) is 0 Å². The highest BCUT2D eigenvalue weighted by Crippen LogP contribution is 1.99. The zero-order valence-electron chi connectivity index (χ0n) is 5.56. The fraction of sp³-hybridized carbons (Fsp3) is 0.500. The normalized spacial score (nSPS) is 16.4. The first-order valence-corrected chi connectivity index (χ1v) is 3.35. The van der Waals surface area contributed by atoms with Gasteiger partial charge in [-0.2, -0.15) is 5.10 Å². The van der Waals surface area contributed by atoms with Gasteiger partial charge in [-0.1, -0.05) is 0 Å². The Morgan fingerprint density at radius 1 is 1.50 bits per heavy atom. The van der Waals surface area contributed by atoms with Crippen LogP contribution < -0.4 is 0 Å². The first kappa shape index (κ1) is 5.58. The van der Waals surface area contributed by atoms with Gasteiger partial charge in [0, 0.05) is 13.0 Å². The highest BCUT2D eigenvalue weighted by Gasteiger charge is 2.03. The van der Waals surface area contributed by atoms with E-state index in [1.54, 1.807) is 17.3 Å². The molecule has 0 N–H and O–H groups in total. The maximum atomic E-state index is 4.12. The molecule has 2 heterocycles. The van der Waals surface area contributed by atoms with Crippen LogP contribution in [0.4, 0.5) is 0 Å². The van der Waals surface area contributed by atoms with Gasteiger partial charge in [-0.25, -0.2) is 9.67 Å². The van der Waals surface area contributed by atoms with Crippen LogP contribution in [0.1, 0.15) is 12.2 Å². The number of rotatable bonds is 0. The summed E-state index contributed by atoms with van der Waals surface area (Å²) in [5.74, 6) is 1.02. The number of hydrogen-bond acceptors (Lipinski definition) is 3. The van der Waals surface area contributed by atoms with Crippen molar-refractivity contribution in [3.8, 4) is 0 Å². The molecule has 0 saturated carbocycles. The molecule has 0 bridgehead atoms. The molecular weight excluding hydrogens is 128 g/mol. The maximum Gasteiger partial charge on any atom is 0.138 e. The molecule has 0 amide bonds. The second kappa shape index (κ2) is 2.21. The molecule has 4 nitrogen and oxygen atoms in total. The minimum absolute atomic E-state index is 0.894. The monoisotopic (exact) mass is 136 g/mol. The van der Waals surface area contributed by atoms with E-state index in [4.69, 9.17) is 0 Å². The first-order valence-electron chi connectivity index (χ1n) is 3.35. The molecule has 0 aliphatic carbocycles. The summed E-state index contributed by atoms with van der Waals surface area (Å²) in [6.07, 6.45) is 5.36. The minimum Gasteiger partial charge on any atom is -0.273 e. The molecule has 1 aromatic rings. The zero-order valence-corrected chi connectivity index (χ0v) is 5.56. The topological polar surface area (TPSA) is 43.1 Å². The van der Waals surface area contributed by atoms with Crippen LogP contribution in [-0.4, -0.2) is 27.6 Å². The van der Waals surface area contributed by atoms with Gasteiger partial charge in [-0.15, -0.1) is 0 Å². The van der Waals surface area contributed by atoms with Crippen LogP contribution in [0.25, 0.3) is 0 Å². The first-order chi connectivity index (χ1) is 4.97. The Hall–Kier alpha value is -1.19.